The van der Waals surface area contributed by atoms with E-state index in [1.807, 2.05) is 41.8 Å². The molecular weight excluding hydrogens is 470 g/mol. The number of aromatic nitrogens is 1. The minimum atomic E-state index is -0.502. The number of nitrogens with one attached hydrogen (secondary N) is 1. The molecule has 0 radical (unpaired) electrons. The van der Waals surface area contributed by atoms with Gasteiger partial charge in [-0.15, -0.1) is 22.7 Å². The molecular formula is C25H25N3O4S2. The van der Waals surface area contributed by atoms with E-state index in [2.05, 4.69) is 24.1 Å². The molecule has 4 rings (SSSR count). The molecule has 0 atom stereocenters. The summed E-state index contributed by atoms with van der Waals surface area (Å²) in [4.78, 5) is 31.8. The molecule has 3 heterocycles. The molecule has 0 saturated carbocycles. The van der Waals surface area contributed by atoms with Crippen molar-refractivity contribution in [2.24, 2.45) is 0 Å². The van der Waals surface area contributed by atoms with Gasteiger partial charge in [0.25, 0.3) is 5.91 Å². The number of pyridine rings is 1. The van der Waals surface area contributed by atoms with Gasteiger partial charge in [0, 0.05) is 22.0 Å². The summed E-state index contributed by atoms with van der Waals surface area (Å²) in [7, 11) is 1.59. The Balaban J connectivity index is 1.70. The quantitative estimate of drug-likeness (QED) is 0.297. The van der Waals surface area contributed by atoms with Gasteiger partial charge in [-0.2, -0.15) is 0 Å². The number of benzene rings is 1. The molecule has 0 aliphatic heterocycles. The number of carbonyl (C=O) groups is 2. The fraction of sp³-hybridized carbons (Fsp3) is 0.240. The smallest absolute Gasteiger partial charge is 0.341 e. The molecule has 0 bridgehead atoms. The van der Waals surface area contributed by atoms with Crippen molar-refractivity contribution >= 4 is 55.5 Å². The number of methoxy groups -OCH3 is 1. The highest BCUT2D eigenvalue weighted by atomic mass is 32.1. The van der Waals surface area contributed by atoms with E-state index < -0.39 is 5.97 Å². The van der Waals surface area contributed by atoms with Gasteiger partial charge in [0.05, 0.1) is 19.4 Å². The number of amides is 1. The minimum Gasteiger partial charge on any atom is -0.497 e. The Morgan fingerprint density at radius 3 is 2.53 bits per heavy atom. The zero-order valence-electron chi connectivity index (χ0n) is 19.3. The lowest BCUT2D eigenvalue weighted by molar-refractivity contribution is 0.0529. The molecule has 9 heteroatoms. The Kier molecular flexibility index (Phi) is 6.85. The van der Waals surface area contributed by atoms with Crippen LogP contribution in [0.15, 0.2) is 41.8 Å². The van der Waals surface area contributed by atoms with Crippen LogP contribution in [0.4, 0.5) is 10.7 Å². The Morgan fingerprint density at radius 2 is 1.88 bits per heavy atom. The first-order chi connectivity index (χ1) is 16.3. The second-order valence-corrected chi connectivity index (χ2v) is 9.72. The number of esters is 1. The fourth-order valence-corrected chi connectivity index (χ4v) is 5.45. The van der Waals surface area contributed by atoms with Gasteiger partial charge in [-0.05, 0) is 42.7 Å². The van der Waals surface area contributed by atoms with Crippen LogP contribution in [0.5, 0.6) is 5.75 Å². The van der Waals surface area contributed by atoms with Crippen molar-refractivity contribution < 1.29 is 19.1 Å². The fourth-order valence-electron chi connectivity index (χ4n) is 3.50. The molecule has 4 aromatic rings. The summed E-state index contributed by atoms with van der Waals surface area (Å²) in [6.45, 7) is 6.09. The van der Waals surface area contributed by atoms with Gasteiger partial charge in [-0.25, -0.2) is 9.78 Å². The Morgan fingerprint density at radius 1 is 1.15 bits per heavy atom. The maximum Gasteiger partial charge on any atom is 0.341 e. The number of anilines is 2. The van der Waals surface area contributed by atoms with Crippen LogP contribution in [0.3, 0.4) is 0 Å². The van der Waals surface area contributed by atoms with E-state index in [9.17, 15) is 9.59 Å². The molecule has 176 valence electrons. The molecule has 1 amide bonds. The zero-order chi connectivity index (χ0) is 24.4. The van der Waals surface area contributed by atoms with Crippen molar-refractivity contribution in [1.82, 2.24) is 4.98 Å². The monoisotopic (exact) mass is 495 g/mol. The third-order valence-electron chi connectivity index (χ3n) is 5.31. The Hall–Kier alpha value is -3.43. The van der Waals surface area contributed by atoms with Gasteiger partial charge in [0.1, 0.15) is 26.0 Å². The number of rotatable bonds is 7. The van der Waals surface area contributed by atoms with Crippen LogP contribution in [0.2, 0.25) is 0 Å². The van der Waals surface area contributed by atoms with Gasteiger partial charge >= 0.3 is 5.97 Å². The average Bonchev–Trinajstić information content (AvgIpc) is 3.40. The topological polar surface area (TPSA) is 104 Å². The zero-order valence-corrected chi connectivity index (χ0v) is 20.9. The maximum absolute atomic E-state index is 13.2. The second kappa shape index (κ2) is 9.82. The van der Waals surface area contributed by atoms with Gasteiger partial charge < -0.3 is 20.5 Å². The van der Waals surface area contributed by atoms with Gasteiger partial charge in [-0.3, -0.25) is 4.79 Å². The number of carbonyl (C=O) groups excluding carboxylic acids is 2. The second-order valence-electron chi connectivity index (χ2n) is 7.84. The van der Waals surface area contributed by atoms with E-state index in [4.69, 9.17) is 15.2 Å². The Labute approximate surface area is 205 Å². The SMILES string of the molecule is CCOC(=O)c1c(-c2ccc(OC)cc2)csc1NC(=O)c1sc2nc(C(C)C)ccc2c1N. The summed E-state index contributed by atoms with van der Waals surface area (Å²) >= 11 is 2.50. The van der Waals surface area contributed by atoms with Crippen LogP contribution in [-0.4, -0.2) is 30.6 Å². The van der Waals surface area contributed by atoms with Crippen LogP contribution >= 0.6 is 22.7 Å². The number of nitrogen functional groups attached to an aromatic ring is 1. The minimum absolute atomic E-state index is 0.219. The number of thiophene rings is 2. The van der Waals surface area contributed by atoms with E-state index >= 15 is 0 Å². The van der Waals surface area contributed by atoms with Crippen molar-refractivity contribution in [3.8, 4) is 16.9 Å². The van der Waals surface area contributed by atoms with Crippen molar-refractivity contribution in [2.45, 2.75) is 26.7 Å². The molecule has 0 spiro atoms. The average molecular weight is 496 g/mol. The summed E-state index contributed by atoms with van der Waals surface area (Å²) < 4.78 is 10.5. The van der Waals surface area contributed by atoms with Crippen LogP contribution in [0, 0.1) is 0 Å². The summed E-state index contributed by atoms with van der Waals surface area (Å²) in [5.41, 5.74) is 9.41. The van der Waals surface area contributed by atoms with Gasteiger partial charge in [0.15, 0.2) is 0 Å². The van der Waals surface area contributed by atoms with E-state index in [-0.39, 0.29) is 18.4 Å². The lowest BCUT2D eigenvalue weighted by Crippen LogP contribution is -2.14. The van der Waals surface area contributed by atoms with E-state index in [1.54, 1.807) is 14.0 Å². The number of hydrogen-bond acceptors (Lipinski definition) is 8. The summed E-state index contributed by atoms with van der Waals surface area (Å²) in [6.07, 6.45) is 0. The number of nitrogens with zero attached hydrogens (tertiary/aromatic N) is 1. The molecule has 7 nitrogen and oxygen atoms in total. The third-order valence-corrected chi connectivity index (χ3v) is 7.32. The van der Waals surface area contributed by atoms with Crippen molar-refractivity contribution in [3.63, 3.8) is 0 Å². The van der Waals surface area contributed by atoms with Gasteiger partial charge in [0.2, 0.25) is 0 Å². The number of nitrogens with two attached hydrogens (primary N) is 1. The first-order valence-electron chi connectivity index (χ1n) is 10.8. The van der Waals surface area contributed by atoms with E-state index in [1.165, 1.54) is 22.7 Å². The van der Waals surface area contributed by atoms with Crippen molar-refractivity contribution in [3.05, 3.63) is 57.9 Å². The molecule has 3 N–H and O–H groups in total. The number of ether oxygens (including phenoxy) is 2. The van der Waals surface area contributed by atoms with Crippen molar-refractivity contribution in [2.75, 3.05) is 24.8 Å². The highest BCUT2D eigenvalue weighted by molar-refractivity contribution is 7.21. The predicted molar refractivity (Wildman–Crippen MR) is 138 cm³/mol. The molecule has 0 aliphatic rings. The molecule has 0 saturated heterocycles. The van der Waals surface area contributed by atoms with E-state index in [0.717, 1.165) is 16.6 Å². The normalized spacial score (nSPS) is 11.1. The third kappa shape index (κ3) is 4.49. The number of hydrogen-bond donors (Lipinski definition) is 2. The van der Waals surface area contributed by atoms with Crippen LogP contribution in [-0.2, 0) is 4.74 Å². The summed E-state index contributed by atoms with van der Waals surface area (Å²) in [6, 6.07) is 11.2. The van der Waals surface area contributed by atoms with E-state index in [0.29, 0.717) is 37.3 Å². The van der Waals surface area contributed by atoms with Crippen LogP contribution < -0.4 is 15.8 Å². The molecule has 0 unspecified atom stereocenters. The van der Waals surface area contributed by atoms with Crippen molar-refractivity contribution in [1.29, 1.82) is 0 Å². The first-order valence-corrected chi connectivity index (χ1v) is 12.5. The predicted octanol–water partition coefficient (Wildman–Crippen LogP) is 6.17. The highest BCUT2D eigenvalue weighted by Crippen LogP contribution is 2.39. The molecule has 0 fully saturated rings. The standard InChI is InChI=1S/C25H25N3O4S2/c1-5-32-25(30)19-17(14-6-8-15(31-4)9-7-14)12-33-24(19)28-22(29)21-20(26)16-10-11-18(13(2)3)27-23(16)34-21/h6-13H,5,26H2,1-4H3,(H,28,29). The maximum atomic E-state index is 13.2. The van der Waals surface area contributed by atoms with Gasteiger partial charge in [-0.1, -0.05) is 26.0 Å². The first kappa shape index (κ1) is 23.7. The largest absolute Gasteiger partial charge is 0.497 e. The molecule has 34 heavy (non-hydrogen) atoms. The molecule has 0 aliphatic carbocycles. The van der Waals surface area contributed by atoms with Crippen LogP contribution in [0.25, 0.3) is 21.3 Å². The molecule has 1 aromatic carbocycles. The lowest BCUT2D eigenvalue weighted by atomic mass is 10.0. The molecule has 3 aromatic heterocycles. The van der Waals surface area contributed by atoms with Crippen LogP contribution in [0.1, 0.15) is 52.4 Å². The summed E-state index contributed by atoms with van der Waals surface area (Å²) in [5.74, 6) is 0.0805. The highest BCUT2D eigenvalue weighted by Gasteiger charge is 2.25. The summed E-state index contributed by atoms with van der Waals surface area (Å²) in [5, 5.41) is 5.85. The number of fused-ring (bicyclic) bond motifs is 1. The lowest BCUT2D eigenvalue weighted by Gasteiger charge is -2.09. The Bertz CT molecular complexity index is 1360.